The van der Waals surface area contributed by atoms with Gasteiger partial charge in [-0.2, -0.15) is 0 Å². The molecule has 1 fully saturated rings. The number of aromatic nitrogens is 3. The van der Waals surface area contributed by atoms with E-state index in [-0.39, 0.29) is 0 Å². The first-order valence-corrected chi connectivity index (χ1v) is 5.65. The molecule has 0 spiro atoms. The van der Waals surface area contributed by atoms with Gasteiger partial charge in [-0.25, -0.2) is 0 Å². The van der Waals surface area contributed by atoms with Gasteiger partial charge in [-0.1, -0.05) is 0 Å². The van der Waals surface area contributed by atoms with E-state index in [9.17, 15) is 0 Å². The van der Waals surface area contributed by atoms with E-state index in [2.05, 4.69) is 15.5 Å². The Hall–Kier alpha value is -1.62. The van der Waals surface area contributed by atoms with Crippen LogP contribution in [0.5, 0.6) is 0 Å². The van der Waals surface area contributed by atoms with Crippen LogP contribution in [0.4, 0.5) is 5.69 Å². The van der Waals surface area contributed by atoms with Crippen LogP contribution in [0, 0.1) is 0 Å². The molecular formula is C11H15N5. The molecule has 1 saturated heterocycles. The molecule has 3 heterocycles. The van der Waals surface area contributed by atoms with Crippen molar-refractivity contribution in [2.75, 3.05) is 18.8 Å². The van der Waals surface area contributed by atoms with Gasteiger partial charge in [0, 0.05) is 30.4 Å². The molecule has 0 amide bonds. The number of nitrogen functional groups attached to an aromatic ring is 1. The molecule has 0 bridgehead atoms. The maximum absolute atomic E-state index is 5.72. The largest absolute Gasteiger partial charge is 0.399 e. The van der Waals surface area contributed by atoms with E-state index < -0.39 is 0 Å². The second-order valence-corrected chi connectivity index (χ2v) is 4.29. The van der Waals surface area contributed by atoms with E-state index in [1.165, 1.54) is 12.8 Å². The number of piperidine rings is 1. The van der Waals surface area contributed by atoms with Crippen molar-refractivity contribution in [1.29, 1.82) is 0 Å². The lowest BCUT2D eigenvalue weighted by Crippen LogP contribution is -2.29. The highest BCUT2D eigenvalue weighted by molar-refractivity contribution is 5.51. The van der Waals surface area contributed by atoms with Gasteiger partial charge in [-0.3, -0.25) is 4.40 Å². The van der Waals surface area contributed by atoms with E-state index in [0.717, 1.165) is 30.2 Å². The van der Waals surface area contributed by atoms with Crippen molar-refractivity contribution < 1.29 is 0 Å². The molecule has 1 atom stereocenters. The highest BCUT2D eigenvalue weighted by Crippen LogP contribution is 2.22. The summed E-state index contributed by atoms with van der Waals surface area (Å²) in [4.78, 5) is 0. The Morgan fingerprint density at radius 1 is 1.44 bits per heavy atom. The molecule has 0 aliphatic carbocycles. The highest BCUT2D eigenvalue weighted by atomic mass is 15.2. The van der Waals surface area contributed by atoms with Gasteiger partial charge >= 0.3 is 0 Å². The maximum Gasteiger partial charge on any atom is 0.162 e. The molecule has 84 valence electrons. The minimum atomic E-state index is 0.465. The normalized spacial score (nSPS) is 21.4. The maximum atomic E-state index is 5.72. The Balaban J connectivity index is 2.03. The minimum Gasteiger partial charge on any atom is -0.399 e. The van der Waals surface area contributed by atoms with Crippen molar-refractivity contribution in [2.45, 2.75) is 18.8 Å². The molecule has 2 aromatic heterocycles. The minimum absolute atomic E-state index is 0.465. The number of pyridine rings is 1. The lowest BCUT2D eigenvalue weighted by atomic mass is 9.99. The summed E-state index contributed by atoms with van der Waals surface area (Å²) in [6, 6.07) is 3.74. The zero-order valence-corrected chi connectivity index (χ0v) is 9.06. The van der Waals surface area contributed by atoms with Crippen LogP contribution in [0.15, 0.2) is 18.3 Å². The first-order valence-electron chi connectivity index (χ1n) is 5.65. The number of anilines is 1. The fourth-order valence-corrected chi connectivity index (χ4v) is 2.28. The van der Waals surface area contributed by atoms with Crippen molar-refractivity contribution in [2.24, 2.45) is 0 Å². The molecule has 16 heavy (non-hydrogen) atoms. The molecule has 2 aromatic rings. The predicted octanol–water partition coefficient (Wildman–Crippen LogP) is 0.778. The Kier molecular flexibility index (Phi) is 2.25. The topological polar surface area (TPSA) is 68.2 Å². The van der Waals surface area contributed by atoms with Gasteiger partial charge in [-0.05, 0) is 25.5 Å². The van der Waals surface area contributed by atoms with E-state index in [4.69, 9.17) is 5.73 Å². The molecule has 1 unspecified atom stereocenters. The summed E-state index contributed by atoms with van der Waals surface area (Å²) < 4.78 is 2.04. The highest BCUT2D eigenvalue weighted by Gasteiger charge is 2.20. The van der Waals surface area contributed by atoms with Crippen LogP contribution < -0.4 is 11.1 Å². The molecule has 5 nitrogen and oxygen atoms in total. The van der Waals surface area contributed by atoms with E-state index >= 15 is 0 Å². The fraction of sp³-hybridized carbons (Fsp3) is 0.455. The number of nitrogens with two attached hydrogens (primary N) is 1. The third-order valence-corrected chi connectivity index (χ3v) is 3.12. The summed E-state index contributed by atoms with van der Waals surface area (Å²) >= 11 is 0. The second kappa shape index (κ2) is 3.75. The molecule has 3 rings (SSSR count). The predicted molar refractivity (Wildman–Crippen MR) is 62.2 cm³/mol. The molecule has 3 N–H and O–H groups in total. The van der Waals surface area contributed by atoms with Gasteiger partial charge < -0.3 is 11.1 Å². The van der Waals surface area contributed by atoms with Gasteiger partial charge in [-0.15, -0.1) is 10.2 Å². The zero-order chi connectivity index (χ0) is 11.0. The average molecular weight is 217 g/mol. The van der Waals surface area contributed by atoms with Crippen LogP contribution in [0.1, 0.15) is 24.6 Å². The molecule has 0 aromatic carbocycles. The number of rotatable bonds is 1. The molecule has 1 aliphatic rings. The standard InChI is InChI=1S/C11H15N5/c12-9-3-5-16-10(6-9)14-15-11(16)8-2-1-4-13-7-8/h3,5-6,8,13H,1-2,4,7,12H2. The summed E-state index contributed by atoms with van der Waals surface area (Å²) in [6.07, 6.45) is 4.33. The molecule has 0 saturated carbocycles. The van der Waals surface area contributed by atoms with Crippen LogP contribution in [0.25, 0.3) is 5.65 Å². The monoisotopic (exact) mass is 217 g/mol. The lowest BCUT2D eigenvalue weighted by molar-refractivity contribution is 0.444. The average Bonchev–Trinajstić information content (AvgIpc) is 2.73. The van der Waals surface area contributed by atoms with Gasteiger partial charge in [0.15, 0.2) is 5.65 Å². The molecule has 5 heteroatoms. The van der Waals surface area contributed by atoms with Gasteiger partial charge in [0.2, 0.25) is 0 Å². The van der Waals surface area contributed by atoms with Crippen LogP contribution in [0.2, 0.25) is 0 Å². The first kappa shape index (κ1) is 9.59. The van der Waals surface area contributed by atoms with Crippen LogP contribution in [-0.2, 0) is 0 Å². The summed E-state index contributed by atoms with van der Waals surface area (Å²) in [7, 11) is 0. The molecular weight excluding hydrogens is 202 g/mol. The Morgan fingerprint density at radius 3 is 3.19 bits per heavy atom. The quantitative estimate of drug-likeness (QED) is 0.740. The lowest BCUT2D eigenvalue weighted by Gasteiger charge is -2.21. The molecule has 1 aliphatic heterocycles. The third kappa shape index (κ3) is 1.53. The van der Waals surface area contributed by atoms with Crippen molar-refractivity contribution in [3.05, 3.63) is 24.2 Å². The zero-order valence-electron chi connectivity index (χ0n) is 9.06. The van der Waals surface area contributed by atoms with Crippen molar-refractivity contribution in [3.8, 4) is 0 Å². The van der Waals surface area contributed by atoms with E-state index in [0.29, 0.717) is 5.92 Å². The summed E-state index contributed by atoms with van der Waals surface area (Å²) in [5, 5.41) is 11.8. The molecule has 0 radical (unpaired) electrons. The summed E-state index contributed by atoms with van der Waals surface area (Å²) in [5.41, 5.74) is 7.28. The Bertz CT molecular complexity index is 498. The second-order valence-electron chi connectivity index (χ2n) is 4.29. The SMILES string of the molecule is Nc1ccn2c(C3CCCNC3)nnc2c1. The van der Waals surface area contributed by atoms with Crippen molar-refractivity contribution in [3.63, 3.8) is 0 Å². The Labute approximate surface area is 93.7 Å². The van der Waals surface area contributed by atoms with Crippen LogP contribution in [-0.4, -0.2) is 27.7 Å². The van der Waals surface area contributed by atoms with Gasteiger partial charge in [0.25, 0.3) is 0 Å². The fourth-order valence-electron chi connectivity index (χ4n) is 2.28. The van der Waals surface area contributed by atoms with Crippen molar-refractivity contribution in [1.82, 2.24) is 19.9 Å². The number of hydrogen-bond donors (Lipinski definition) is 2. The van der Waals surface area contributed by atoms with E-state index in [1.807, 2.05) is 22.7 Å². The smallest absolute Gasteiger partial charge is 0.162 e. The van der Waals surface area contributed by atoms with E-state index in [1.54, 1.807) is 0 Å². The number of nitrogens with one attached hydrogen (secondary N) is 1. The number of nitrogens with zero attached hydrogens (tertiary/aromatic N) is 3. The Morgan fingerprint density at radius 2 is 2.38 bits per heavy atom. The third-order valence-electron chi connectivity index (χ3n) is 3.12. The summed E-state index contributed by atoms with van der Waals surface area (Å²) in [5.74, 6) is 1.51. The number of fused-ring (bicyclic) bond motifs is 1. The van der Waals surface area contributed by atoms with Crippen molar-refractivity contribution >= 4 is 11.3 Å². The summed E-state index contributed by atoms with van der Waals surface area (Å²) in [6.45, 7) is 2.10. The van der Waals surface area contributed by atoms with Crippen LogP contribution in [0.3, 0.4) is 0 Å². The van der Waals surface area contributed by atoms with Gasteiger partial charge in [0.05, 0.1) is 0 Å². The first-order chi connectivity index (χ1) is 7.84. The van der Waals surface area contributed by atoms with Crippen LogP contribution >= 0.6 is 0 Å². The number of hydrogen-bond acceptors (Lipinski definition) is 4. The van der Waals surface area contributed by atoms with Gasteiger partial charge in [0.1, 0.15) is 5.82 Å².